The Balaban J connectivity index is 2.07. The Kier molecular flexibility index (Phi) is 4.87. The van der Waals surface area contributed by atoms with Crippen LogP contribution in [0.5, 0.6) is 5.75 Å². The molecular formula is C16H16O4. The van der Waals surface area contributed by atoms with Crippen molar-refractivity contribution < 1.29 is 19.7 Å². The van der Waals surface area contributed by atoms with Crippen molar-refractivity contribution in [1.82, 2.24) is 0 Å². The lowest BCUT2D eigenvalue weighted by Crippen LogP contribution is -2.16. The van der Waals surface area contributed by atoms with E-state index < -0.39 is 6.29 Å². The number of carbonyl (C=O) groups is 1. The molecule has 0 saturated carbocycles. The van der Waals surface area contributed by atoms with Crippen LogP contribution in [0.1, 0.15) is 22.3 Å². The Morgan fingerprint density at radius 3 is 2.20 bits per heavy atom. The highest BCUT2D eigenvalue weighted by atomic mass is 16.6. The zero-order chi connectivity index (χ0) is 14.4. The van der Waals surface area contributed by atoms with Gasteiger partial charge in [-0.1, -0.05) is 30.3 Å². The van der Waals surface area contributed by atoms with Gasteiger partial charge in [0, 0.05) is 24.2 Å². The SMILES string of the molecule is O=C(c1ccccc1)c1ccc(OC(O)CCO)cc1. The van der Waals surface area contributed by atoms with Gasteiger partial charge in [-0.25, -0.2) is 0 Å². The van der Waals surface area contributed by atoms with Crippen LogP contribution in [-0.2, 0) is 0 Å². The molecule has 0 amide bonds. The second-order valence-electron chi connectivity index (χ2n) is 4.30. The van der Waals surface area contributed by atoms with E-state index in [4.69, 9.17) is 9.84 Å². The van der Waals surface area contributed by atoms with Gasteiger partial charge < -0.3 is 14.9 Å². The van der Waals surface area contributed by atoms with Crippen LogP contribution in [0.25, 0.3) is 0 Å². The quantitative estimate of drug-likeness (QED) is 0.623. The van der Waals surface area contributed by atoms with Gasteiger partial charge in [-0.05, 0) is 24.3 Å². The number of carbonyl (C=O) groups excluding carboxylic acids is 1. The Morgan fingerprint density at radius 1 is 1.00 bits per heavy atom. The maximum atomic E-state index is 12.2. The summed E-state index contributed by atoms with van der Waals surface area (Å²) in [6.45, 7) is -0.147. The standard InChI is InChI=1S/C16H16O4/c17-11-10-15(18)20-14-8-6-13(7-9-14)16(19)12-4-2-1-3-5-12/h1-9,15,17-18H,10-11H2. The molecule has 0 heterocycles. The molecule has 0 bridgehead atoms. The minimum atomic E-state index is -1.05. The summed E-state index contributed by atoms with van der Waals surface area (Å²) in [7, 11) is 0. The van der Waals surface area contributed by atoms with E-state index in [0.717, 1.165) is 0 Å². The van der Waals surface area contributed by atoms with Gasteiger partial charge in [0.15, 0.2) is 12.1 Å². The molecule has 1 unspecified atom stereocenters. The lowest BCUT2D eigenvalue weighted by atomic mass is 10.0. The number of aliphatic hydroxyl groups is 2. The van der Waals surface area contributed by atoms with Crippen molar-refractivity contribution in [2.75, 3.05) is 6.61 Å². The van der Waals surface area contributed by atoms with Gasteiger partial charge in [-0.2, -0.15) is 0 Å². The predicted molar refractivity (Wildman–Crippen MR) is 74.7 cm³/mol. The minimum absolute atomic E-state index is 0.0620. The fraction of sp³-hybridized carbons (Fsp3) is 0.188. The Bertz CT molecular complexity index is 548. The van der Waals surface area contributed by atoms with Crippen LogP contribution in [0.3, 0.4) is 0 Å². The van der Waals surface area contributed by atoms with Gasteiger partial charge in [0.05, 0.1) is 0 Å². The van der Waals surface area contributed by atoms with Crippen molar-refractivity contribution in [3.63, 3.8) is 0 Å². The van der Waals surface area contributed by atoms with Crippen molar-refractivity contribution in [3.05, 3.63) is 65.7 Å². The second-order valence-corrected chi connectivity index (χ2v) is 4.30. The molecule has 2 N–H and O–H groups in total. The average molecular weight is 272 g/mol. The van der Waals surface area contributed by atoms with Gasteiger partial charge in [-0.15, -0.1) is 0 Å². The molecule has 0 aliphatic carbocycles. The first-order chi connectivity index (χ1) is 9.70. The van der Waals surface area contributed by atoms with Crippen molar-refractivity contribution in [1.29, 1.82) is 0 Å². The first-order valence-electron chi connectivity index (χ1n) is 6.36. The van der Waals surface area contributed by atoms with Gasteiger partial charge in [0.1, 0.15) is 5.75 Å². The zero-order valence-electron chi connectivity index (χ0n) is 10.9. The third kappa shape index (κ3) is 3.66. The number of rotatable bonds is 6. The van der Waals surface area contributed by atoms with Gasteiger partial charge in [0.2, 0.25) is 0 Å². The number of ether oxygens (including phenoxy) is 1. The molecule has 2 aromatic rings. The molecule has 20 heavy (non-hydrogen) atoms. The molecule has 0 radical (unpaired) electrons. The molecule has 0 fully saturated rings. The van der Waals surface area contributed by atoms with Crippen LogP contribution in [-0.4, -0.2) is 28.9 Å². The fourth-order valence-corrected chi connectivity index (χ4v) is 1.77. The molecule has 0 spiro atoms. The lowest BCUT2D eigenvalue weighted by Gasteiger charge is -2.12. The minimum Gasteiger partial charge on any atom is -0.465 e. The van der Waals surface area contributed by atoms with Gasteiger partial charge >= 0.3 is 0 Å². The Labute approximate surface area is 117 Å². The highest BCUT2D eigenvalue weighted by Crippen LogP contribution is 2.16. The van der Waals surface area contributed by atoms with Crippen molar-refractivity contribution in [2.45, 2.75) is 12.7 Å². The van der Waals surface area contributed by atoms with Crippen LogP contribution in [0.4, 0.5) is 0 Å². The molecule has 2 aromatic carbocycles. The van der Waals surface area contributed by atoms with Crippen LogP contribution in [0.2, 0.25) is 0 Å². The van der Waals surface area contributed by atoms with Crippen LogP contribution >= 0.6 is 0 Å². The first-order valence-corrected chi connectivity index (χ1v) is 6.36. The maximum absolute atomic E-state index is 12.2. The van der Waals surface area contributed by atoms with Crippen LogP contribution in [0.15, 0.2) is 54.6 Å². The number of benzene rings is 2. The Hall–Kier alpha value is -2.17. The zero-order valence-corrected chi connectivity index (χ0v) is 10.9. The third-order valence-corrected chi connectivity index (χ3v) is 2.80. The molecule has 1 atom stereocenters. The summed E-state index contributed by atoms with van der Waals surface area (Å²) in [4.78, 5) is 12.2. The van der Waals surface area contributed by atoms with Crippen LogP contribution in [0, 0.1) is 0 Å². The third-order valence-electron chi connectivity index (χ3n) is 2.80. The smallest absolute Gasteiger partial charge is 0.199 e. The number of aliphatic hydroxyl groups excluding tert-OH is 2. The van der Waals surface area contributed by atoms with E-state index >= 15 is 0 Å². The summed E-state index contributed by atoms with van der Waals surface area (Å²) < 4.78 is 5.18. The van der Waals surface area contributed by atoms with E-state index in [-0.39, 0.29) is 18.8 Å². The van der Waals surface area contributed by atoms with E-state index in [1.165, 1.54) is 0 Å². The monoisotopic (exact) mass is 272 g/mol. The molecule has 0 aromatic heterocycles. The highest BCUT2D eigenvalue weighted by Gasteiger charge is 2.09. The lowest BCUT2D eigenvalue weighted by molar-refractivity contribution is -0.0327. The van der Waals surface area contributed by atoms with Gasteiger partial charge in [-0.3, -0.25) is 4.79 Å². The first kappa shape index (κ1) is 14.2. The van der Waals surface area contributed by atoms with Crippen molar-refractivity contribution in [2.24, 2.45) is 0 Å². The largest absolute Gasteiger partial charge is 0.465 e. The molecule has 104 valence electrons. The molecule has 0 aliphatic heterocycles. The average Bonchev–Trinajstić information content (AvgIpc) is 2.48. The topological polar surface area (TPSA) is 66.8 Å². The summed E-state index contributed by atoms with van der Waals surface area (Å²) in [5, 5.41) is 18.1. The van der Waals surface area contributed by atoms with E-state index in [9.17, 15) is 9.90 Å². The number of hydrogen-bond donors (Lipinski definition) is 2. The van der Waals surface area contributed by atoms with Gasteiger partial charge in [0.25, 0.3) is 0 Å². The van der Waals surface area contributed by atoms with Crippen LogP contribution < -0.4 is 4.74 Å². The van der Waals surface area contributed by atoms with Crippen molar-refractivity contribution >= 4 is 5.78 Å². The predicted octanol–water partition coefficient (Wildman–Crippen LogP) is 2.00. The summed E-state index contributed by atoms with van der Waals surface area (Å²) in [6, 6.07) is 15.6. The van der Waals surface area contributed by atoms with E-state index in [1.807, 2.05) is 18.2 Å². The summed E-state index contributed by atoms with van der Waals surface area (Å²) in [5.41, 5.74) is 1.18. The maximum Gasteiger partial charge on any atom is 0.199 e. The van der Waals surface area contributed by atoms with E-state index in [1.54, 1.807) is 36.4 Å². The number of ketones is 1. The molecular weight excluding hydrogens is 256 g/mol. The van der Waals surface area contributed by atoms with E-state index in [2.05, 4.69) is 0 Å². The molecule has 2 rings (SSSR count). The fourth-order valence-electron chi connectivity index (χ4n) is 1.77. The summed E-state index contributed by atoms with van der Waals surface area (Å²) in [6.07, 6.45) is -0.902. The van der Waals surface area contributed by atoms with E-state index in [0.29, 0.717) is 16.9 Å². The molecule has 0 saturated heterocycles. The summed E-state index contributed by atoms with van der Waals surface area (Å²) in [5.74, 6) is 0.392. The summed E-state index contributed by atoms with van der Waals surface area (Å²) >= 11 is 0. The number of hydrogen-bond acceptors (Lipinski definition) is 4. The molecule has 0 aliphatic rings. The molecule has 4 nitrogen and oxygen atoms in total. The van der Waals surface area contributed by atoms with Crippen molar-refractivity contribution in [3.8, 4) is 5.75 Å². The normalized spacial score (nSPS) is 11.9. The molecule has 4 heteroatoms. The Morgan fingerprint density at radius 2 is 1.60 bits per heavy atom. The highest BCUT2D eigenvalue weighted by molar-refractivity contribution is 6.08. The second kappa shape index (κ2) is 6.84.